The highest BCUT2D eigenvalue weighted by atomic mass is 16.5. The fourth-order valence-corrected chi connectivity index (χ4v) is 3.28. The fraction of sp³-hybridized carbons (Fsp3) is 0.333. The van der Waals surface area contributed by atoms with E-state index in [9.17, 15) is 9.59 Å². The van der Waals surface area contributed by atoms with Crippen LogP contribution in [0.3, 0.4) is 0 Å². The van der Waals surface area contributed by atoms with Crippen LogP contribution in [-0.4, -0.2) is 17.7 Å². The van der Waals surface area contributed by atoms with Crippen molar-refractivity contribution in [3.05, 3.63) is 65.7 Å². The normalized spacial score (nSPS) is 19.5. The van der Waals surface area contributed by atoms with E-state index >= 15 is 0 Å². The summed E-state index contributed by atoms with van der Waals surface area (Å²) in [6.07, 6.45) is 2.43. The Hall–Kier alpha value is -2.42. The fourth-order valence-electron chi connectivity index (χ4n) is 3.28. The Morgan fingerprint density at radius 3 is 2.46 bits per heavy atom. The number of hydrogen-bond acceptors (Lipinski definition) is 3. The number of hydrogen-bond donors (Lipinski definition) is 0. The predicted molar refractivity (Wildman–Crippen MR) is 93.4 cm³/mol. The van der Waals surface area contributed by atoms with Gasteiger partial charge in [0.1, 0.15) is 17.6 Å². The molecule has 2 aromatic rings. The van der Waals surface area contributed by atoms with Gasteiger partial charge in [-0.1, -0.05) is 42.5 Å². The number of fused-ring (bicyclic) bond motifs is 1. The van der Waals surface area contributed by atoms with Crippen molar-refractivity contribution < 1.29 is 14.3 Å². The molecule has 0 saturated carbocycles. The summed E-state index contributed by atoms with van der Waals surface area (Å²) < 4.78 is 6.14. The number of aryl methyl sites for hydroxylation is 1. The third-order valence-corrected chi connectivity index (χ3v) is 4.58. The molecular weight excluding hydrogens is 300 g/mol. The Labute approximate surface area is 142 Å². The number of ether oxygens (including phenoxy) is 1. The number of benzene rings is 2. The summed E-state index contributed by atoms with van der Waals surface area (Å²) in [5.41, 5.74) is 1.87. The van der Waals surface area contributed by atoms with Crippen molar-refractivity contribution in [1.82, 2.24) is 0 Å². The molecular formula is C21H22O3. The number of para-hydroxylation sites is 1. The van der Waals surface area contributed by atoms with E-state index in [-0.39, 0.29) is 23.6 Å². The standard InChI is InChI=1S/C21H22O3/c1-15(22)11-13-18-20(14-12-16-7-3-2-4-8-16)24-19-10-6-5-9-17(19)21(18)23/h2-10,18,20H,11-14H2,1H3. The SMILES string of the molecule is CC(=O)CCC1C(=O)c2ccccc2OC1CCc1ccccc1. The van der Waals surface area contributed by atoms with Gasteiger partial charge >= 0.3 is 0 Å². The molecule has 124 valence electrons. The van der Waals surface area contributed by atoms with Crippen molar-refractivity contribution in [1.29, 1.82) is 0 Å². The third-order valence-electron chi connectivity index (χ3n) is 4.58. The smallest absolute Gasteiger partial charge is 0.173 e. The second-order valence-corrected chi connectivity index (χ2v) is 6.39. The summed E-state index contributed by atoms with van der Waals surface area (Å²) in [5.74, 6) is 0.645. The molecule has 3 rings (SSSR count). The van der Waals surface area contributed by atoms with Crippen LogP contribution in [0.1, 0.15) is 42.1 Å². The average molecular weight is 322 g/mol. The average Bonchev–Trinajstić information content (AvgIpc) is 2.60. The zero-order chi connectivity index (χ0) is 16.9. The molecule has 0 radical (unpaired) electrons. The maximum Gasteiger partial charge on any atom is 0.173 e. The van der Waals surface area contributed by atoms with E-state index < -0.39 is 0 Å². The van der Waals surface area contributed by atoms with E-state index in [4.69, 9.17) is 4.74 Å². The second-order valence-electron chi connectivity index (χ2n) is 6.39. The van der Waals surface area contributed by atoms with Crippen LogP contribution in [0.2, 0.25) is 0 Å². The van der Waals surface area contributed by atoms with Crippen molar-refractivity contribution in [2.24, 2.45) is 5.92 Å². The zero-order valence-electron chi connectivity index (χ0n) is 13.9. The summed E-state index contributed by atoms with van der Waals surface area (Å²) in [7, 11) is 0. The monoisotopic (exact) mass is 322 g/mol. The molecule has 2 unspecified atom stereocenters. The number of carbonyl (C=O) groups is 2. The van der Waals surface area contributed by atoms with Gasteiger partial charge in [-0.15, -0.1) is 0 Å². The van der Waals surface area contributed by atoms with E-state index in [1.165, 1.54) is 5.56 Å². The molecule has 2 aromatic carbocycles. The molecule has 0 aromatic heterocycles. The molecule has 2 atom stereocenters. The van der Waals surface area contributed by atoms with Gasteiger partial charge in [-0.3, -0.25) is 4.79 Å². The summed E-state index contributed by atoms with van der Waals surface area (Å²) >= 11 is 0. The first-order valence-electron chi connectivity index (χ1n) is 8.48. The van der Waals surface area contributed by atoms with Gasteiger partial charge in [0, 0.05) is 6.42 Å². The van der Waals surface area contributed by atoms with E-state index in [0.29, 0.717) is 24.2 Å². The molecule has 1 aliphatic rings. The molecule has 0 fully saturated rings. The van der Waals surface area contributed by atoms with Crippen LogP contribution < -0.4 is 4.74 Å². The van der Waals surface area contributed by atoms with Crippen molar-refractivity contribution in [3.8, 4) is 5.75 Å². The molecule has 1 heterocycles. The maximum absolute atomic E-state index is 12.9. The number of ketones is 2. The molecule has 0 saturated heterocycles. The largest absolute Gasteiger partial charge is 0.489 e. The lowest BCUT2D eigenvalue weighted by Gasteiger charge is -2.32. The maximum atomic E-state index is 12.9. The first-order valence-corrected chi connectivity index (χ1v) is 8.48. The van der Waals surface area contributed by atoms with Crippen LogP contribution in [0.25, 0.3) is 0 Å². The van der Waals surface area contributed by atoms with Crippen LogP contribution in [-0.2, 0) is 11.2 Å². The molecule has 3 nitrogen and oxygen atoms in total. The number of Topliss-reactive ketones (excluding diaryl/α,β-unsaturated/α-hetero) is 2. The predicted octanol–water partition coefficient (Wildman–Crippen LogP) is 4.25. The molecule has 24 heavy (non-hydrogen) atoms. The van der Waals surface area contributed by atoms with Gasteiger partial charge < -0.3 is 9.53 Å². The van der Waals surface area contributed by atoms with Crippen molar-refractivity contribution in [3.63, 3.8) is 0 Å². The summed E-state index contributed by atoms with van der Waals surface area (Å²) in [5, 5.41) is 0. The minimum Gasteiger partial charge on any atom is -0.489 e. The third kappa shape index (κ3) is 3.73. The topological polar surface area (TPSA) is 43.4 Å². The Kier molecular flexibility index (Phi) is 5.09. The Balaban J connectivity index is 1.78. The lowest BCUT2D eigenvalue weighted by Crippen LogP contribution is -2.38. The van der Waals surface area contributed by atoms with Crippen LogP contribution >= 0.6 is 0 Å². The lowest BCUT2D eigenvalue weighted by atomic mass is 9.83. The summed E-state index contributed by atoms with van der Waals surface area (Å²) in [4.78, 5) is 24.2. The highest BCUT2D eigenvalue weighted by molar-refractivity contribution is 6.01. The van der Waals surface area contributed by atoms with Crippen molar-refractivity contribution >= 4 is 11.6 Å². The summed E-state index contributed by atoms with van der Waals surface area (Å²) in [6.45, 7) is 1.57. The van der Waals surface area contributed by atoms with Crippen LogP contribution in [0.4, 0.5) is 0 Å². The van der Waals surface area contributed by atoms with Gasteiger partial charge in [0.2, 0.25) is 0 Å². The van der Waals surface area contributed by atoms with Gasteiger partial charge in [0.05, 0.1) is 11.5 Å². The number of rotatable bonds is 6. The second kappa shape index (κ2) is 7.43. The molecule has 0 spiro atoms. The van der Waals surface area contributed by atoms with Crippen molar-refractivity contribution in [2.75, 3.05) is 0 Å². The van der Waals surface area contributed by atoms with Gasteiger partial charge in [-0.05, 0) is 43.9 Å². The first-order chi connectivity index (χ1) is 11.6. The van der Waals surface area contributed by atoms with E-state index in [1.807, 2.05) is 42.5 Å². The van der Waals surface area contributed by atoms with E-state index in [2.05, 4.69) is 12.1 Å². The minimum atomic E-state index is -0.243. The molecule has 0 N–H and O–H groups in total. The van der Waals surface area contributed by atoms with Crippen LogP contribution in [0, 0.1) is 5.92 Å². The lowest BCUT2D eigenvalue weighted by molar-refractivity contribution is -0.117. The van der Waals surface area contributed by atoms with Gasteiger partial charge in [-0.2, -0.15) is 0 Å². The molecule has 0 bridgehead atoms. The Bertz CT molecular complexity index is 721. The highest BCUT2D eigenvalue weighted by Crippen LogP contribution is 2.34. The zero-order valence-corrected chi connectivity index (χ0v) is 13.9. The van der Waals surface area contributed by atoms with Crippen molar-refractivity contribution in [2.45, 2.75) is 38.7 Å². The first kappa shape index (κ1) is 16.4. The Morgan fingerprint density at radius 2 is 1.71 bits per heavy atom. The van der Waals surface area contributed by atoms with Gasteiger partial charge in [0.15, 0.2) is 5.78 Å². The van der Waals surface area contributed by atoms with Gasteiger partial charge in [0.25, 0.3) is 0 Å². The van der Waals surface area contributed by atoms with Crippen LogP contribution in [0.15, 0.2) is 54.6 Å². The highest BCUT2D eigenvalue weighted by Gasteiger charge is 2.36. The van der Waals surface area contributed by atoms with E-state index in [1.54, 1.807) is 6.92 Å². The molecule has 1 aliphatic heterocycles. The van der Waals surface area contributed by atoms with E-state index in [0.717, 1.165) is 12.8 Å². The quantitative estimate of drug-likeness (QED) is 0.798. The number of carbonyl (C=O) groups excluding carboxylic acids is 2. The van der Waals surface area contributed by atoms with Gasteiger partial charge in [-0.25, -0.2) is 0 Å². The summed E-state index contributed by atoms with van der Waals surface area (Å²) in [6, 6.07) is 17.6. The minimum absolute atomic E-state index is 0.108. The molecule has 3 heteroatoms. The molecule has 0 aliphatic carbocycles. The van der Waals surface area contributed by atoms with Crippen LogP contribution in [0.5, 0.6) is 5.75 Å². The molecule has 0 amide bonds. The Morgan fingerprint density at radius 1 is 1.00 bits per heavy atom.